The van der Waals surface area contributed by atoms with Crippen LogP contribution < -0.4 is 5.32 Å². The van der Waals surface area contributed by atoms with Crippen LogP contribution in [0.5, 0.6) is 0 Å². The van der Waals surface area contributed by atoms with Crippen LogP contribution in [0.3, 0.4) is 0 Å². The Bertz CT molecular complexity index is 356. The lowest BCUT2D eigenvalue weighted by atomic mass is 10.2. The predicted molar refractivity (Wildman–Crippen MR) is 56.9 cm³/mol. The van der Waals surface area contributed by atoms with Gasteiger partial charge in [-0.15, -0.1) is 0 Å². The first-order valence-corrected chi connectivity index (χ1v) is 5.53. The molecule has 88 valence electrons. The fourth-order valence-electron chi connectivity index (χ4n) is 1.74. The van der Waals surface area contributed by atoms with Gasteiger partial charge in [0, 0.05) is 13.2 Å². The molecule has 0 saturated carbocycles. The van der Waals surface area contributed by atoms with E-state index in [0.29, 0.717) is 12.3 Å². The molecule has 16 heavy (non-hydrogen) atoms. The zero-order chi connectivity index (χ0) is 11.4. The van der Waals surface area contributed by atoms with Gasteiger partial charge in [-0.1, -0.05) is 0 Å². The van der Waals surface area contributed by atoms with Crippen LogP contribution in [-0.2, 0) is 16.0 Å². The maximum atomic E-state index is 11.6. The molecule has 1 fully saturated rings. The van der Waals surface area contributed by atoms with Crippen LogP contribution in [0.2, 0.25) is 0 Å². The standard InChI is InChI=1S/C11H16N2O3/c1-8-10(16-7-13-8)5-11(14)12-6-9-3-2-4-15-9/h7,9H,2-6H2,1H3,(H,12,14). The van der Waals surface area contributed by atoms with E-state index in [9.17, 15) is 4.79 Å². The molecule has 1 aliphatic heterocycles. The van der Waals surface area contributed by atoms with Gasteiger partial charge in [-0.3, -0.25) is 4.79 Å². The molecule has 1 atom stereocenters. The fraction of sp³-hybridized carbons (Fsp3) is 0.636. The minimum atomic E-state index is -0.0460. The fourth-order valence-corrected chi connectivity index (χ4v) is 1.74. The van der Waals surface area contributed by atoms with Crippen molar-refractivity contribution in [2.45, 2.75) is 32.3 Å². The summed E-state index contributed by atoms with van der Waals surface area (Å²) in [6.45, 7) is 3.22. The molecule has 0 spiro atoms. The van der Waals surface area contributed by atoms with Crippen molar-refractivity contribution in [1.29, 1.82) is 0 Å². The van der Waals surface area contributed by atoms with Crippen molar-refractivity contribution in [3.63, 3.8) is 0 Å². The quantitative estimate of drug-likeness (QED) is 0.822. The molecule has 2 heterocycles. The van der Waals surface area contributed by atoms with Crippen LogP contribution in [0, 0.1) is 6.92 Å². The molecule has 5 heteroatoms. The zero-order valence-corrected chi connectivity index (χ0v) is 9.36. The van der Waals surface area contributed by atoms with Gasteiger partial charge in [-0.25, -0.2) is 4.98 Å². The maximum absolute atomic E-state index is 11.6. The lowest BCUT2D eigenvalue weighted by molar-refractivity contribution is -0.121. The highest BCUT2D eigenvalue weighted by Crippen LogP contribution is 2.11. The molecule has 0 aliphatic carbocycles. The van der Waals surface area contributed by atoms with E-state index >= 15 is 0 Å². The Balaban J connectivity index is 1.74. The van der Waals surface area contributed by atoms with Crippen molar-refractivity contribution in [2.24, 2.45) is 0 Å². The minimum absolute atomic E-state index is 0.0460. The summed E-state index contributed by atoms with van der Waals surface area (Å²) in [5, 5.41) is 2.84. The monoisotopic (exact) mass is 224 g/mol. The highest BCUT2D eigenvalue weighted by molar-refractivity contribution is 5.78. The first kappa shape index (κ1) is 11.1. The van der Waals surface area contributed by atoms with E-state index in [1.54, 1.807) is 0 Å². The summed E-state index contributed by atoms with van der Waals surface area (Å²) in [7, 11) is 0. The van der Waals surface area contributed by atoms with Crippen molar-refractivity contribution in [1.82, 2.24) is 10.3 Å². The Morgan fingerprint density at radius 1 is 1.69 bits per heavy atom. The summed E-state index contributed by atoms with van der Waals surface area (Å²) in [5.74, 6) is 0.584. The second kappa shape index (κ2) is 5.12. The van der Waals surface area contributed by atoms with Gasteiger partial charge >= 0.3 is 0 Å². The number of nitrogens with one attached hydrogen (secondary N) is 1. The molecule has 0 aromatic carbocycles. The molecule has 1 aliphatic rings. The van der Waals surface area contributed by atoms with E-state index in [0.717, 1.165) is 25.1 Å². The number of oxazole rings is 1. The van der Waals surface area contributed by atoms with Crippen molar-refractivity contribution in [2.75, 3.05) is 13.2 Å². The number of amides is 1. The van der Waals surface area contributed by atoms with Crippen LogP contribution in [0.4, 0.5) is 0 Å². The van der Waals surface area contributed by atoms with Gasteiger partial charge in [0.2, 0.25) is 5.91 Å². The van der Waals surface area contributed by atoms with E-state index in [-0.39, 0.29) is 18.4 Å². The Morgan fingerprint density at radius 3 is 3.19 bits per heavy atom. The van der Waals surface area contributed by atoms with Crippen molar-refractivity contribution >= 4 is 5.91 Å². The summed E-state index contributed by atoms with van der Waals surface area (Å²) in [4.78, 5) is 15.5. The van der Waals surface area contributed by atoms with E-state index in [4.69, 9.17) is 9.15 Å². The van der Waals surface area contributed by atoms with Gasteiger partial charge in [0.15, 0.2) is 6.39 Å². The second-order valence-corrected chi connectivity index (χ2v) is 3.98. The van der Waals surface area contributed by atoms with Gasteiger partial charge in [0.1, 0.15) is 5.76 Å². The number of nitrogens with zero attached hydrogens (tertiary/aromatic N) is 1. The van der Waals surface area contributed by atoms with Gasteiger partial charge in [0.05, 0.1) is 18.2 Å². The summed E-state index contributed by atoms with van der Waals surface area (Å²) in [5.41, 5.74) is 0.771. The third-order valence-electron chi connectivity index (χ3n) is 2.72. The van der Waals surface area contributed by atoms with Crippen LogP contribution in [0.1, 0.15) is 24.3 Å². The molecule has 1 aromatic rings. The largest absolute Gasteiger partial charge is 0.448 e. The van der Waals surface area contributed by atoms with Crippen LogP contribution in [-0.4, -0.2) is 30.1 Å². The average molecular weight is 224 g/mol. The molecule has 1 N–H and O–H groups in total. The first-order chi connectivity index (χ1) is 7.75. The summed E-state index contributed by atoms with van der Waals surface area (Å²) < 4.78 is 10.5. The smallest absolute Gasteiger partial charge is 0.227 e. The summed E-state index contributed by atoms with van der Waals surface area (Å²) in [6.07, 6.45) is 3.90. The molecule has 1 saturated heterocycles. The molecule has 5 nitrogen and oxygen atoms in total. The lowest BCUT2D eigenvalue weighted by Crippen LogP contribution is -2.32. The Kier molecular flexibility index (Phi) is 3.56. The molecule has 1 amide bonds. The average Bonchev–Trinajstić information content (AvgIpc) is 2.88. The van der Waals surface area contributed by atoms with Crippen LogP contribution >= 0.6 is 0 Å². The van der Waals surface area contributed by atoms with Gasteiger partial charge in [-0.2, -0.15) is 0 Å². The topological polar surface area (TPSA) is 64.4 Å². The predicted octanol–water partition coefficient (Wildman–Crippen LogP) is 0.821. The summed E-state index contributed by atoms with van der Waals surface area (Å²) in [6, 6.07) is 0. The third-order valence-corrected chi connectivity index (χ3v) is 2.72. The number of carbonyl (C=O) groups excluding carboxylic acids is 1. The number of rotatable bonds is 4. The van der Waals surface area contributed by atoms with Crippen molar-refractivity contribution < 1.29 is 13.9 Å². The molecular weight excluding hydrogens is 208 g/mol. The normalized spacial score (nSPS) is 19.9. The number of hydrogen-bond acceptors (Lipinski definition) is 4. The van der Waals surface area contributed by atoms with Gasteiger partial charge < -0.3 is 14.5 Å². The Hall–Kier alpha value is -1.36. The molecular formula is C11H16N2O3. The van der Waals surface area contributed by atoms with Crippen molar-refractivity contribution in [3.8, 4) is 0 Å². The highest BCUT2D eigenvalue weighted by Gasteiger charge is 2.17. The number of aromatic nitrogens is 1. The second-order valence-electron chi connectivity index (χ2n) is 3.98. The number of hydrogen-bond donors (Lipinski definition) is 1. The van der Waals surface area contributed by atoms with E-state index in [2.05, 4.69) is 10.3 Å². The Labute approximate surface area is 94.2 Å². The molecule has 1 aromatic heterocycles. The highest BCUT2D eigenvalue weighted by atomic mass is 16.5. The van der Waals surface area contributed by atoms with Gasteiger partial charge in [-0.05, 0) is 19.8 Å². The van der Waals surface area contributed by atoms with E-state index in [1.807, 2.05) is 6.92 Å². The number of carbonyl (C=O) groups is 1. The number of ether oxygens (including phenoxy) is 1. The minimum Gasteiger partial charge on any atom is -0.448 e. The molecule has 2 rings (SSSR count). The maximum Gasteiger partial charge on any atom is 0.227 e. The third kappa shape index (κ3) is 2.82. The van der Waals surface area contributed by atoms with E-state index in [1.165, 1.54) is 6.39 Å². The molecule has 0 bridgehead atoms. The van der Waals surface area contributed by atoms with E-state index < -0.39 is 0 Å². The molecule has 1 unspecified atom stereocenters. The van der Waals surface area contributed by atoms with Gasteiger partial charge in [0.25, 0.3) is 0 Å². The van der Waals surface area contributed by atoms with Crippen molar-refractivity contribution in [3.05, 3.63) is 17.8 Å². The number of aryl methyl sites for hydroxylation is 1. The lowest BCUT2D eigenvalue weighted by Gasteiger charge is -2.10. The zero-order valence-electron chi connectivity index (χ0n) is 9.36. The first-order valence-electron chi connectivity index (χ1n) is 5.53. The molecule has 0 radical (unpaired) electrons. The summed E-state index contributed by atoms with van der Waals surface area (Å²) >= 11 is 0. The van der Waals surface area contributed by atoms with Crippen LogP contribution in [0.25, 0.3) is 0 Å². The Morgan fingerprint density at radius 2 is 2.56 bits per heavy atom. The van der Waals surface area contributed by atoms with Crippen LogP contribution in [0.15, 0.2) is 10.8 Å². The SMILES string of the molecule is Cc1ncoc1CC(=O)NCC1CCCO1.